The lowest BCUT2D eigenvalue weighted by Gasteiger charge is -2.31. The van der Waals surface area contributed by atoms with Crippen molar-refractivity contribution in [2.24, 2.45) is 5.92 Å². The molecule has 6 nitrogen and oxygen atoms in total. The van der Waals surface area contributed by atoms with Crippen LogP contribution in [0.3, 0.4) is 0 Å². The molecule has 1 fully saturated rings. The minimum atomic E-state index is -0.906. The Morgan fingerprint density at radius 3 is 2.36 bits per heavy atom. The Morgan fingerprint density at radius 2 is 1.73 bits per heavy atom. The Morgan fingerprint density at radius 1 is 1.00 bits per heavy atom. The molecule has 0 saturated carbocycles. The van der Waals surface area contributed by atoms with Crippen molar-refractivity contribution in [3.63, 3.8) is 0 Å². The number of hydrogen-bond acceptors (Lipinski definition) is 5. The van der Waals surface area contributed by atoms with Gasteiger partial charge in [-0.05, 0) is 60.7 Å². The maximum Gasteiger partial charge on any atom is 0.314 e. The van der Waals surface area contributed by atoms with Crippen LogP contribution in [0.25, 0.3) is 0 Å². The third-order valence-corrected chi connectivity index (χ3v) is 6.22. The zero-order valence-electron chi connectivity index (χ0n) is 17.4. The molecule has 33 heavy (non-hydrogen) atoms. The number of halogens is 2. The van der Waals surface area contributed by atoms with Gasteiger partial charge in [-0.15, -0.1) is 11.3 Å². The van der Waals surface area contributed by atoms with Crippen molar-refractivity contribution < 1.29 is 27.9 Å². The van der Waals surface area contributed by atoms with Crippen LogP contribution in [0.15, 0.2) is 60.0 Å². The van der Waals surface area contributed by atoms with Gasteiger partial charge in [0.2, 0.25) is 0 Å². The molecule has 2 aromatic carbocycles. The number of anilines is 1. The summed E-state index contributed by atoms with van der Waals surface area (Å²) in [6, 6.07) is 12.8. The average molecular weight is 470 g/mol. The summed E-state index contributed by atoms with van der Waals surface area (Å²) >= 11 is 1.34. The zero-order chi connectivity index (χ0) is 23.4. The monoisotopic (exact) mass is 470 g/mol. The smallest absolute Gasteiger partial charge is 0.314 e. The molecule has 3 aromatic rings. The van der Waals surface area contributed by atoms with Crippen molar-refractivity contribution in [1.29, 1.82) is 0 Å². The molecule has 1 aliphatic heterocycles. The number of hydrogen-bond donors (Lipinski definition) is 1. The van der Waals surface area contributed by atoms with E-state index < -0.39 is 29.4 Å². The van der Waals surface area contributed by atoms with E-state index in [1.807, 2.05) is 5.38 Å². The number of esters is 1. The van der Waals surface area contributed by atoms with Gasteiger partial charge >= 0.3 is 5.97 Å². The maximum atomic E-state index is 13.9. The van der Waals surface area contributed by atoms with E-state index in [1.165, 1.54) is 16.2 Å². The van der Waals surface area contributed by atoms with E-state index >= 15 is 0 Å². The Labute approximate surface area is 192 Å². The third-order valence-electron chi connectivity index (χ3n) is 5.35. The van der Waals surface area contributed by atoms with Gasteiger partial charge in [0.15, 0.2) is 0 Å². The van der Waals surface area contributed by atoms with Gasteiger partial charge < -0.3 is 15.0 Å². The minimum Gasteiger partial charge on any atom is -0.426 e. The molecule has 0 bridgehead atoms. The number of nitrogens with zero attached hydrogens (tertiary/aromatic N) is 1. The van der Waals surface area contributed by atoms with Crippen LogP contribution in [0, 0.1) is 17.6 Å². The van der Waals surface area contributed by atoms with E-state index in [2.05, 4.69) is 5.32 Å². The van der Waals surface area contributed by atoms with Crippen LogP contribution < -0.4 is 10.1 Å². The lowest BCUT2D eigenvalue weighted by atomic mass is 9.96. The fourth-order valence-corrected chi connectivity index (χ4v) is 4.18. The number of thiophene rings is 1. The molecule has 2 heterocycles. The van der Waals surface area contributed by atoms with Crippen LogP contribution >= 0.6 is 11.3 Å². The van der Waals surface area contributed by atoms with Gasteiger partial charge in [-0.3, -0.25) is 14.4 Å². The summed E-state index contributed by atoms with van der Waals surface area (Å²) < 4.78 is 32.4. The van der Waals surface area contributed by atoms with E-state index in [0.29, 0.717) is 35.2 Å². The molecule has 4 rings (SSSR count). The third kappa shape index (κ3) is 5.43. The van der Waals surface area contributed by atoms with Gasteiger partial charge in [0.05, 0.1) is 16.4 Å². The zero-order valence-corrected chi connectivity index (χ0v) is 18.2. The summed E-state index contributed by atoms with van der Waals surface area (Å²) in [6.45, 7) is 0.534. The van der Waals surface area contributed by atoms with E-state index in [-0.39, 0.29) is 24.6 Å². The van der Waals surface area contributed by atoms with Crippen LogP contribution in [0.1, 0.15) is 32.9 Å². The van der Waals surface area contributed by atoms with Crippen molar-refractivity contribution in [3.05, 3.63) is 82.1 Å². The van der Waals surface area contributed by atoms with Crippen molar-refractivity contribution in [2.45, 2.75) is 12.8 Å². The molecule has 0 aliphatic carbocycles. The SMILES string of the molecule is O=C(Nc1ccc(OC(=O)C2CCN(C(=O)c3ccc(F)cc3F)CC2)cc1)c1cccs1. The number of carbonyl (C=O) groups is 3. The molecule has 1 aromatic heterocycles. The second kappa shape index (κ2) is 9.91. The highest BCUT2D eigenvalue weighted by molar-refractivity contribution is 7.12. The Hall–Kier alpha value is -3.59. The molecule has 0 spiro atoms. The van der Waals surface area contributed by atoms with Crippen molar-refractivity contribution >= 4 is 34.8 Å². The van der Waals surface area contributed by atoms with E-state index in [4.69, 9.17) is 4.74 Å². The normalized spacial score (nSPS) is 14.1. The predicted octanol–water partition coefficient (Wildman–Crippen LogP) is 4.74. The summed E-state index contributed by atoms with van der Waals surface area (Å²) in [4.78, 5) is 39.2. The number of piperidine rings is 1. The first-order chi connectivity index (χ1) is 15.9. The first-order valence-electron chi connectivity index (χ1n) is 10.3. The topological polar surface area (TPSA) is 75.7 Å². The van der Waals surface area contributed by atoms with E-state index in [0.717, 1.165) is 12.1 Å². The molecule has 0 radical (unpaired) electrons. The summed E-state index contributed by atoms with van der Waals surface area (Å²) in [5.41, 5.74) is 0.386. The van der Waals surface area contributed by atoms with Gasteiger partial charge in [-0.1, -0.05) is 6.07 Å². The Bertz CT molecular complexity index is 1160. The quantitative estimate of drug-likeness (QED) is 0.432. The number of likely N-dealkylation sites (tertiary alicyclic amines) is 1. The predicted molar refractivity (Wildman–Crippen MR) is 119 cm³/mol. The van der Waals surface area contributed by atoms with Crippen LogP contribution in [-0.4, -0.2) is 35.8 Å². The minimum absolute atomic E-state index is 0.191. The van der Waals surface area contributed by atoms with Crippen molar-refractivity contribution in [3.8, 4) is 5.75 Å². The molecule has 1 aliphatic rings. The second-order valence-electron chi connectivity index (χ2n) is 7.57. The maximum absolute atomic E-state index is 13.9. The Kier molecular flexibility index (Phi) is 6.79. The fourth-order valence-electron chi connectivity index (χ4n) is 3.56. The van der Waals surface area contributed by atoms with Crippen molar-refractivity contribution in [2.75, 3.05) is 18.4 Å². The van der Waals surface area contributed by atoms with Crippen LogP contribution in [-0.2, 0) is 4.79 Å². The summed E-state index contributed by atoms with van der Waals surface area (Å²) in [5, 5.41) is 4.59. The summed E-state index contributed by atoms with van der Waals surface area (Å²) in [6.07, 6.45) is 0.755. The molecule has 1 saturated heterocycles. The molecule has 1 N–H and O–H groups in total. The molecule has 0 atom stereocenters. The first kappa shape index (κ1) is 22.6. The van der Waals surface area contributed by atoms with Crippen molar-refractivity contribution in [1.82, 2.24) is 4.90 Å². The largest absolute Gasteiger partial charge is 0.426 e. The summed E-state index contributed by atoms with van der Waals surface area (Å²) in [5.74, 6) is -2.85. The fraction of sp³-hybridized carbons (Fsp3) is 0.208. The van der Waals surface area contributed by atoms with Crippen LogP contribution in [0.4, 0.5) is 14.5 Å². The molecule has 170 valence electrons. The lowest BCUT2D eigenvalue weighted by Crippen LogP contribution is -2.41. The van der Waals surface area contributed by atoms with Crippen LogP contribution in [0.2, 0.25) is 0 Å². The highest BCUT2D eigenvalue weighted by Crippen LogP contribution is 2.24. The Balaban J connectivity index is 1.28. The lowest BCUT2D eigenvalue weighted by molar-refractivity contribution is -0.140. The number of amides is 2. The highest BCUT2D eigenvalue weighted by Gasteiger charge is 2.30. The molecular formula is C24H20F2N2O4S. The van der Waals surface area contributed by atoms with E-state index in [9.17, 15) is 23.2 Å². The number of carbonyl (C=O) groups excluding carboxylic acids is 3. The average Bonchev–Trinajstić information content (AvgIpc) is 3.35. The first-order valence-corrected chi connectivity index (χ1v) is 11.2. The van der Waals surface area contributed by atoms with Gasteiger partial charge in [0.1, 0.15) is 17.4 Å². The number of nitrogens with one attached hydrogen (secondary N) is 1. The second-order valence-corrected chi connectivity index (χ2v) is 8.52. The highest BCUT2D eigenvalue weighted by atomic mass is 32.1. The molecule has 2 amide bonds. The van der Waals surface area contributed by atoms with Gasteiger partial charge in [-0.25, -0.2) is 8.78 Å². The molecular weight excluding hydrogens is 450 g/mol. The number of rotatable bonds is 5. The van der Waals surface area contributed by atoms with E-state index in [1.54, 1.807) is 36.4 Å². The van der Waals surface area contributed by atoms with Crippen LogP contribution in [0.5, 0.6) is 5.75 Å². The van der Waals surface area contributed by atoms with Gasteiger partial charge in [0, 0.05) is 24.8 Å². The van der Waals surface area contributed by atoms with Gasteiger partial charge in [-0.2, -0.15) is 0 Å². The number of benzene rings is 2. The summed E-state index contributed by atoms with van der Waals surface area (Å²) in [7, 11) is 0. The number of ether oxygens (including phenoxy) is 1. The van der Waals surface area contributed by atoms with Gasteiger partial charge in [0.25, 0.3) is 11.8 Å². The molecule has 0 unspecified atom stereocenters. The standard InChI is InChI=1S/C24H20F2N2O4S/c25-16-3-8-19(20(26)14-16)23(30)28-11-9-15(10-12-28)24(31)32-18-6-4-17(5-7-18)27-22(29)21-2-1-13-33-21/h1-8,13-15H,9-12H2,(H,27,29). The molecule has 9 heteroatoms.